The van der Waals surface area contributed by atoms with Gasteiger partial charge in [0.05, 0.1) is 4.91 Å². The van der Waals surface area contributed by atoms with Crippen LogP contribution in [0.2, 0.25) is 0 Å². The molecule has 2 aliphatic heterocycles. The molecule has 2 heterocycles. The number of carboxylic acids is 1. The number of thiocarbonyl (C=S) groups is 1. The number of carbonyl (C=O) groups is 2. The molecule has 1 aromatic rings. The molecule has 154 valence electrons. The van der Waals surface area contributed by atoms with Crippen LogP contribution < -0.4 is 4.90 Å². The summed E-state index contributed by atoms with van der Waals surface area (Å²) in [5.41, 5.74) is 3.46. The highest BCUT2D eigenvalue weighted by molar-refractivity contribution is 8.26. The third-order valence-corrected chi connectivity index (χ3v) is 6.87. The molecule has 0 radical (unpaired) electrons. The number of thioether (sulfide) groups is 1. The quantitative estimate of drug-likeness (QED) is 0.385. The molecule has 0 bridgehead atoms. The Bertz CT molecular complexity index is 905. The van der Waals surface area contributed by atoms with E-state index in [1.165, 1.54) is 23.0 Å². The van der Waals surface area contributed by atoms with Crippen LogP contribution in [0.1, 0.15) is 45.1 Å². The average molecular weight is 431 g/mol. The molecule has 1 fully saturated rings. The summed E-state index contributed by atoms with van der Waals surface area (Å²) in [6, 6.07) is 8.35. The number of likely N-dealkylation sites (N-methyl/N-ethyl adjacent to an activating group) is 1. The number of aliphatic carboxylic acids is 1. The molecule has 2 aliphatic rings. The number of para-hydroxylation sites is 1. The van der Waals surface area contributed by atoms with E-state index in [0.29, 0.717) is 22.2 Å². The van der Waals surface area contributed by atoms with E-state index in [9.17, 15) is 9.59 Å². The first-order valence-electron chi connectivity index (χ1n) is 9.74. The fourth-order valence-corrected chi connectivity index (χ4v) is 5.14. The molecule has 0 spiro atoms. The predicted octanol–water partition coefficient (Wildman–Crippen LogP) is 4.69. The van der Waals surface area contributed by atoms with E-state index in [-0.39, 0.29) is 17.7 Å². The topological polar surface area (TPSA) is 60.9 Å². The fraction of sp³-hybridized carbons (Fsp3) is 0.409. The van der Waals surface area contributed by atoms with Gasteiger partial charge in [-0.05, 0) is 36.6 Å². The Morgan fingerprint density at radius 1 is 1.21 bits per heavy atom. The first-order chi connectivity index (χ1) is 13.7. The number of benzene rings is 1. The van der Waals surface area contributed by atoms with Gasteiger partial charge in [0.15, 0.2) is 0 Å². The third-order valence-electron chi connectivity index (χ3n) is 5.48. The van der Waals surface area contributed by atoms with Gasteiger partial charge in [0, 0.05) is 36.8 Å². The number of unbranched alkanes of at least 4 members (excludes halogenated alkanes) is 2. The molecule has 29 heavy (non-hydrogen) atoms. The maximum atomic E-state index is 12.8. The van der Waals surface area contributed by atoms with Crippen LogP contribution in [0, 0.1) is 0 Å². The molecule has 0 unspecified atom stereocenters. The van der Waals surface area contributed by atoms with Crippen LogP contribution in [-0.2, 0) is 15.0 Å². The number of carboxylic acid groups (broad SMARTS) is 1. The van der Waals surface area contributed by atoms with Crippen molar-refractivity contribution in [3.8, 4) is 0 Å². The second kappa shape index (κ2) is 8.71. The largest absolute Gasteiger partial charge is 0.481 e. The molecular formula is C22H26N2O3S2. The Morgan fingerprint density at radius 3 is 2.62 bits per heavy atom. The normalized spacial score (nSPS) is 20.8. The molecule has 7 heteroatoms. The number of hydrogen-bond donors (Lipinski definition) is 1. The van der Waals surface area contributed by atoms with E-state index >= 15 is 0 Å². The monoisotopic (exact) mass is 430 g/mol. The van der Waals surface area contributed by atoms with Crippen LogP contribution in [0.4, 0.5) is 5.69 Å². The van der Waals surface area contributed by atoms with Crippen LogP contribution in [-0.4, -0.2) is 39.8 Å². The van der Waals surface area contributed by atoms with Gasteiger partial charge in [0.1, 0.15) is 4.32 Å². The lowest BCUT2D eigenvalue weighted by molar-refractivity contribution is -0.137. The fourth-order valence-electron chi connectivity index (χ4n) is 3.89. The summed E-state index contributed by atoms with van der Waals surface area (Å²) < 4.78 is 0.570. The lowest BCUT2D eigenvalue weighted by Crippen LogP contribution is -2.29. The van der Waals surface area contributed by atoms with Crippen LogP contribution in [0.3, 0.4) is 0 Å². The van der Waals surface area contributed by atoms with Crippen molar-refractivity contribution in [2.45, 2.75) is 44.9 Å². The molecular weight excluding hydrogens is 404 g/mol. The minimum absolute atomic E-state index is 0.0638. The van der Waals surface area contributed by atoms with E-state index in [1.54, 1.807) is 4.90 Å². The Labute approximate surface area is 181 Å². The van der Waals surface area contributed by atoms with Gasteiger partial charge < -0.3 is 10.0 Å². The van der Waals surface area contributed by atoms with Gasteiger partial charge in [-0.3, -0.25) is 14.5 Å². The number of hydrogen-bond acceptors (Lipinski definition) is 5. The van der Waals surface area contributed by atoms with Gasteiger partial charge >= 0.3 is 5.97 Å². The van der Waals surface area contributed by atoms with Crippen molar-refractivity contribution < 1.29 is 14.7 Å². The molecule has 1 aromatic carbocycles. The number of fused-ring (bicyclic) bond motifs is 1. The summed E-state index contributed by atoms with van der Waals surface area (Å²) in [5.74, 6) is -0.848. The number of carbonyl (C=O) groups excluding carboxylic acids is 1. The van der Waals surface area contributed by atoms with E-state index in [2.05, 4.69) is 44.0 Å². The summed E-state index contributed by atoms with van der Waals surface area (Å²) >= 11 is 6.72. The van der Waals surface area contributed by atoms with Crippen LogP contribution in [0.15, 0.2) is 47.0 Å². The van der Waals surface area contributed by atoms with Crippen molar-refractivity contribution in [2.24, 2.45) is 0 Å². The van der Waals surface area contributed by atoms with Gasteiger partial charge in [0.2, 0.25) is 0 Å². The van der Waals surface area contributed by atoms with Crippen LogP contribution in [0.25, 0.3) is 0 Å². The lowest BCUT2D eigenvalue weighted by Gasteiger charge is -2.23. The molecule has 0 aromatic heterocycles. The van der Waals surface area contributed by atoms with E-state index in [4.69, 9.17) is 17.3 Å². The van der Waals surface area contributed by atoms with Crippen LogP contribution >= 0.6 is 24.0 Å². The number of anilines is 1. The van der Waals surface area contributed by atoms with Crippen molar-refractivity contribution in [3.63, 3.8) is 0 Å². The molecule has 0 atom stereocenters. The minimum atomic E-state index is -0.784. The predicted molar refractivity (Wildman–Crippen MR) is 122 cm³/mol. The van der Waals surface area contributed by atoms with Gasteiger partial charge in [0.25, 0.3) is 5.91 Å². The Kier molecular flexibility index (Phi) is 6.49. The second-order valence-corrected chi connectivity index (χ2v) is 9.49. The van der Waals surface area contributed by atoms with Gasteiger partial charge in [-0.15, -0.1) is 0 Å². The number of amides is 1. The van der Waals surface area contributed by atoms with Gasteiger partial charge in [-0.2, -0.15) is 0 Å². The Balaban J connectivity index is 1.69. The lowest BCUT2D eigenvalue weighted by atomic mass is 9.84. The van der Waals surface area contributed by atoms with Crippen molar-refractivity contribution in [3.05, 3.63) is 52.6 Å². The third kappa shape index (κ3) is 4.41. The summed E-state index contributed by atoms with van der Waals surface area (Å²) in [7, 11) is 2.05. The Hall–Kier alpha value is -2.12. The van der Waals surface area contributed by atoms with Crippen molar-refractivity contribution in [1.29, 1.82) is 0 Å². The van der Waals surface area contributed by atoms with E-state index in [1.807, 2.05) is 18.2 Å². The van der Waals surface area contributed by atoms with Crippen molar-refractivity contribution in [1.82, 2.24) is 4.90 Å². The summed E-state index contributed by atoms with van der Waals surface area (Å²) in [5, 5.41) is 8.70. The maximum Gasteiger partial charge on any atom is 0.303 e. The molecule has 0 saturated carbocycles. The standard InChI is InChI=1S/C22H26N2O3S2/c1-22(2)15-9-6-7-10-16(15)23(3)18(22)13-12-17-20(27)24(21(28)29-17)14-8-4-5-11-19(25)26/h6-7,9-10,12-13H,4-5,8,11,14H2,1-3H3,(H,25,26)/b17-12+,18-13-. The summed E-state index contributed by atoms with van der Waals surface area (Å²) in [6.45, 7) is 4.92. The zero-order chi connectivity index (χ0) is 21.2. The number of allylic oxidation sites excluding steroid dienone is 3. The molecule has 1 saturated heterocycles. The maximum absolute atomic E-state index is 12.8. The zero-order valence-electron chi connectivity index (χ0n) is 17.0. The van der Waals surface area contributed by atoms with Gasteiger partial charge in [-0.25, -0.2) is 0 Å². The van der Waals surface area contributed by atoms with E-state index < -0.39 is 5.97 Å². The molecule has 1 amide bonds. The molecule has 0 aliphatic carbocycles. The second-order valence-electron chi connectivity index (χ2n) is 7.81. The first-order valence-corrected chi connectivity index (χ1v) is 11.0. The SMILES string of the molecule is CN1/C(=C\C=C2\SC(=S)N(CCCCCC(=O)O)C2=O)C(C)(C)c2ccccc21. The summed E-state index contributed by atoms with van der Waals surface area (Å²) in [4.78, 5) is 27.8. The first kappa shape index (κ1) is 21.6. The minimum Gasteiger partial charge on any atom is -0.481 e. The molecule has 5 nitrogen and oxygen atoms in total. The van der Waals surface area contributed by atoms with E-state index in [0.717, 1.165) is 18.5 Å². The average Bonchev–Trinajstić information content (AvgIpc) is 3.04. The van der Waals surface area contributed by atoms with Gasteiger partial charge in [-0.1, -0.05) is 62.4 Å². The molecule has 3 rings (SSSR count). The highest BCUT2D eigenvalue weighted by atomic mass is 32.2. The number of rotatable bonds is 7. The zero-order valence-corrected chi connectivity index (χ0v) is 18.6. The van der Waals surface area contributed by atoms with Crippen LogP contribution in [0.5, 0.6) is 0 Å². The smallest absolute Gasteiger partial charge is 0.303 e. The van der Waals surface area contributed by atoms with Crippen molar-refractivity contribution >= 4 is 45.9 Å². The highest BCUT2D eigenvalue weighted by Gasteiger charge is 2.38. The Morgan fingerprint density at radius 2 is 1.93 bits per heavy atom. The highest BCUT2D eigenvalue weighted by Crippen LogP contribution is 2.46. The van der Waals surface area contributed by atoms with Crippen molar-refractivity contribution in [2.75, 3.05) is 18.5 Å². The number of nitrogens with zero attached hydrogens (tertiary/aromatic N) is 2. The molecule has 1 N–H and O–H groups in total. The summed E-state index contributed by atoms with van der Waals surface area (Å²) in [6.07, 6.45) is 6.21.